The molecule has 1 atom stereocenters. The number of nitrogens with zero attached hydrogens (tertiary/aromatic N) is 3. The average molecular weight is 345 g/mol. The van der Waals surface area contributed by atoms with E-state index in [-0.39, 0.29) is 24.4 Å². The summed E-state index contributed by atoms with van der Waals surface area (Å²) in [7, 11) is 0. The maximum Gasteiger partial charge on any atom is 0.243 e. The summed E-state index contributed by atoms with van der Waals surface area (Å²) >= 11 is 0. The van der Waals surface area contributed by atoms with E-state index in [2.05, 4.69) is 20.5 Å². The number of aromatic amines is 1. The average Bonchev–Trinajstić information content (AvgIpc) is 3.31. The van der Waals surface area contributed by atoms with Crippen LogP contribution in [0.15, 0.2) is 22.8 Å². The first-order valence-corrected chi connectivity index (χ1v) is 8.71. The molecule has 1 saturated heterocycles. The van der Waals surface area contributed by atoms with Crippen LogP contribution in [0, 0.1) is 0 Å². The largest absolute Gasteiger partial charge is 0.461 e. The third-order valence-electron chi connectivity index (χ3n) is 4.29. The number of H-pyrrole nitrogens is 1. The zero-order valence-electron chi connectivity index (χ0n) is 14.3. The number of likely N-dealkylation sites (tertiary alicyclic amines) is 1. The molecule has 3 heterocycles. The van der Waals surface area contributed by atoms with Gasteiger partial charge in [-0.05, 0) is 37.8 Å². The Hall–Kier alpha value is -2.64. The highest BCUT2D eigenvalue weighted by molar-refractivity contribution is 5.87. The van der Waals surface area contributed by atoms with Crippen molar-refractivity contribution in [3.63, 3.8) is 0 Å². The van der Waals surface area contributed by atoms with E-state index in [1.54, 1.807) is 23.3 Å². The van der Waals surface area contributed by atoms with Gasteiger partial charge < -0.3 is 14.6 Å². The smallest absolute Gasteiger partial charge is 0.243 e. The van der Waals surface area contributed by atoms with Crippen LogP contribution in [0.5, 0.6) is 0 Å². The number of rotatable bonds is 6. The van der Waals surface area contributed by atoms with E-state index in [9.17, 15) is 9.59 Å². The van der Waals surface area contributed by atoms with Gasteiger partial charge in [0.2, 0.25) is 17.6 Å². The van der Waals surface area contributed by atoms with Gasteiger partial charge in [-0.1, -0.05) is 6.92 Å². The van der Waals surface area contributed by atoms with Crippen molar-refractivity contribution in [1.29, 1.82) is 0 Å². The minimum absolute atomic E-state index is 0.0575. The Morgan fingerprint density at radius 1 is 1.44 bits per heavy atom. The molecule has 2 aromatic rings. The van der Waals surface area contributed by atoms with E-state index in [0.717, 1.165) is 19.3 Å². The highest BCUT2D eigenvalue weighted by Gasteiger charge is 2.31. The Morgan fingerprint density at radius 2 is 2.32 bits per heavy atom. The van der Waals surface area contributed by atoms with Gasteiger partial charge in [-0.3, -0.25) is 14.7 Å². The van der Waals surface area contributed by atoms with Crippen molar-refractivity contribution in [2.75, 3.05) is 6.54 Å². The summed E-state index contributed by atoms with van der Waals surface area (Å²) < 4.78 is 5.24. The van der Waals surface area contributed by atoms with E-state index in [0.29, 0.717) is 36.8 Å². The van der Waals surface area contributed by atoms with Crippen LogP contribution in [-0.2, 0) is 16.1 Å². The Kier molecular flexibility index (Phi) is 5.47. The number of amides is 2. The lowest BCUT2D eigenvalue weighted by Crippen LogP contribution is -2.51. The maximum atomic E-state index is 12.5. The lowest BCUT2D eigenvalue weighted by atomic mass is 10.0. The predicted octanol–water partition coefficient (Wildman–Crippen LogP) is 1.86. The summed E-state index contributed by atoms with van der Waals surface area (Å²) in [6, 6.07) is 3.14. The number of carbonyl (C=O) groups excluding carboxylic acids is 2. The van der Waals surface area contributed by atoms with Crippen molar-refractivity contribution >= 4 is 11.8 Å². The zero-order chi connectivity index (χ0) is 17.6. The van der Waals surface area contributed by atoms with Crippen LogP contribution >= 0.6 is 0 Å². The number of aromatic nitrogens is 3. The van der Waals surface area contributed by atoms with Gasteiger partial charge in [-0.25, -0.2) is 4.98 Å². The molecule has 8 heteroatoms. The molecule has 0 aliphatic carbocycles. The van der Waals surface area contributed by atoms with Crippen LogP contribution in [0.1, 0.15) is 44.9 Å². The third-order valence-corrected chi connectivity index (χ3v) is 4.29. The number of carbonyl (C=O) groups is 2. The van der Waals surface area contributed by atoms with E-state index in [1.807, 2.05) is 6.92 Å². The molecule has 0 spiro atoms. The molecule has 1 fully saturated rings. The molecule has 25 heavy (non-hydrogen) atoms. The van der Waals surface area contributed by atoms with E-state index in [1.165, 1.54) is 0 Å². The first-order valence-electron chi connectivity index (χ1n) is 8.71. The van der Waals surface area contributed by atoms with Crippen molar-refractivity contribution in [2.45, 2.75) is 51.6 Å². The second kappa shape index (κ2) is 7.96. The topological polar surface area (TPSA) is 104 Å². The van der Waals surface area contributed by atoms with Crippen molar-refractivity contribution in [3.05, 3.63) is 24.2 Å². The number of nitrogens with one attached hydrogen (secondary N) is 2. The van der Waals surface area contributed by atoms with Gasteiger partial charge in [0.1, 0.15) is 11.9 Å². The van der Waals surface area contributed by atoms with Gasteiger partial charge >= 0.3 is 0 Å². The van der Waals surface area contributed by atoms with Crippen LogP contribution in [0.25, 0.3) is 11.6 Å². The van der Waals surface area contributed by atoms with Gasteiger partial charge in [-0.2, -0.15) is 0 Å². The van der Waals surface area contributed by atoms with Gasteiger partial charge in [0.15, 0.2) is 5.76 Å². The van der Waals surface area contributed by atoms with Crippen molar-refractivity contribution in [2.24, 2.45) is 0 Å². The fourth-order valence-electron chi connectivity index (χ4n) is 3.04. The summed E-state index contributed by atoms with van der Waals surface area (Å²) in [4.78, 5) is 30.8. The van der Waals surface area contributed by atoms with Crippen LogP contribution in [0.4, 0.5) is 0 Å². The molecule has 134 valence electrons. The lowest BCUT2D eigenvalue weighted by Gasteiger charge is -2.34. The zero-order valence-corrected chi connectivity index (χ0v) is 14.3. The monoisotopic (exact) mass is 345 g/mol. The molecule has 0 saturated carbocycles. The van der Waals surface area contributed by atoms with E-state index in [4.69, 9.17) is 4.42 Å². The maximum absolute atomic E-state index is 12.5. The van der Waals surface area contributed by atoms with E-state index < -0.39 is 0 Å². The molecule has 8 nitrogen and oxygen atoms in total. The summed E-state index contributed by atoms with van der Waals surface area (Å²) in [6.45, 7) is 2.86. The molecule has 1 aliphatic rings. The number of piperidine rings is 1. The Labute approximate surface area is 146 Å². The number of hydrogen-bond donors (Lipinski definition) is 2. The molecular formula is C17H23N5O3. The SMILES string of the molecule is CCCC(=O)N1CCCCC1C(=O)NCc1nc(-c2ccco2)n[nH]1. The lowest BCUT2D eigenvalue weighted by molar-refractivity contribution is -0.142. The quantitative estimate of drug-likeness (QED) is 0.831. The molecule has 3 rings (SSSR count). The first kappa shape index (κ1) is 17.2. The molecule has 2 aromatic heterocycles. The third kappa shape index (κ3) is 4.07. The first-order chi connectivity index (χ1) is 12.2. The highest BCUT2D eigenvalue weighted by Crippen LogP contribution is 2.19. The minimum atomic E-state index is -0.389. The van der Waals surface area contributed by atoms with Crippen molar-refractivity contribution in [3.8, 4) is 11.6 Å². The van der Waals surface area contributed by atoms with Crippen LogP contribution in [-0.4, -0.2) is 44.5 Å². The molecule has 1 unspecified atom stereocenters. The molecular weight excluding hydrogens is 322 g/mol. The summed E-state index contributed by atoms with van der Waals surface area (Å²) in [5, 5.41) is 9.72. The summed E-state index contributed by atoms with van der Waals surface area (Å²) in [5.74, 6) is 1.48. The standard InChI is InChI=1S/C17H23N5O3/c1-2-6-15(23)22-9-4-3-7-12(22)17(24)18-11-14-19-16(21-20-14)13-8-5-10-25-13/h5,8,10,12H,2-4,6-7,9,11H2,1H3,(H,18,24)(H,19,20,21). The Bertz CT molecular complexity index is 710. The van der Waals surface area contributed by atoms with Gasteiger partial charge in [0.05, 0.1) is 12.8 Å². The molecule has 0 bridgehead atoms. The summed E-state index contributed by atoms with van der Waals surface area (Å²) in [6.07, 6.45) is 5.44. The Morgan fingerprint density at radius 3 is 3.08 bits per heavy atom. The molecule has 0 radical (unpaired) electrons. The normalized spacial score (nSPS) is 17.5. The summed E-state index contributed by atoms with van der Waals surface area (Å²) in [5.41, 5.74) is 0. The molecule has 1 aliphatic heterocycles. The molecule has 0 aromatic carbocycles. The van der Waals surface area contributed by atoms with E-state index >= 15 is 0 Å². The van der Waals surface area contributed by atoms with Crippen molar-refractivity contribution < 1.29 is 14.0 Å². The highest BCUT2D eigenvalue weighted by atomic mass is 16.3. The van der Waals surface area contributed by atoms with Gasteiger partial charge in [0, 0.05) is 13.0 Å². The molecule has 2 amide bonds. The predicted molar refractivity (Wildman–Crippen MR) is 90.2 cm³/mol. The van der Waals surface area contributed by atoms with Crippen LogP contribution < -0.4 is 5.32 Å². The second-order valence-corrected chi connectivity index (χ2v) is 6.15. The van der Waals surface area contributed by atoms with Crippen molar-refractivity contribution in [1.82, 2.24) is 25.4 Å². The van der Waals surface area contributed by atoms with Crippen LogP contribution in [0.2, 0.25) is 0 Å². The fraction of sp³-hybridized carbons (Fsp3) is 0.529. The minimum Gasteiger partial charge on any atom is -0.461 e. The van der Waals surface area contributed by atoms with Crippen LogP contribution in [0.3, 0.4) is 0 Å². The second-order valence-electron chi connectivity index (χ2n) is 6.15. The fourth-order valence-corrected chi connectivity index (χ4v) is 3.04. The van der Waals surface area contributed by atoms with Gasteiger partial charge in [0.25, 0.3) is 0 Å². The number of furan rings is 1. The number of hydrogen-bond acceptors (Lipinski definition) is 5. The molecule has 2 N–H and O–H groups in total. The Balaban J connectivity index is 1.58. The van der Waals surface area contributed by atoms with Gasteiger partial charge in [-0.15, -0.1) is 5.10 Å².